The standard InChI is InChI=1S/C31H56N3O8PSi2/c1-14-39-43(38,40-15-2)22-17-16-21(41-28(22)36)24-25(44(10,11)30(4,5)6)26(45(12,13)31(7,8)9)27(42-24)34-19-18-23(32-20(3)35)33-29(34)37/h18-19,21-22,24-27H,14-17H2,1-13H3,(H,32,33,35,37)/t21-,22?,24+,25+,26+,27+/m0/s1. The number of hydrogen-bond acceptors (Lipinski definition) is 9. The number of esters is 1. The number of ether oxygens (including phenoxy) is 2. The van der Waals surface area contributed by atoms with Crippen LogP contribution >= 0.6 is 7.60 Å². The Hall–Kier alpha value is -1.64. The molecule has 2 aliphatic rings. The third-order valence-corrected chi connectivity index (χ3v) is 26.1. The van der Waals surface area contributed by atoms with Crippen LogP contribution in [0.4, 0.5) is 5.82 Å². The molecule has 2 fully saturated rings. The highest BCUT2D eigenvalue weighted by Crippen LogP contribution is 2.66. The molecule has 3 rings (SSSR count). The molecule has 14 heteroatoms. The first kappa shape index (κ1) is 37.8. The Labute approximate surface area is 271 Å². The van der Waals surface area contributed by atoms with Gasteiger partial charge in [0.25, 0.3) is 0 Å². The number of nitrogens with zero attached hydrogens (tertiary/aromatic N) is 2. The van der Waals surface area contributed by atoms with Crippen LogP contribution in [0.1, 0.15) is 81.4 Å². The second-order valence-corrected chi connectivity index (χ2v) is 29.1. The number of hydrogen-bond donors (Lipinski definition) is 1. The second-order valence-electron chi connectivity index (χ2n) is 15.6. The fourth-order valence-electron chi connectivity index (χ4n) is 6.61. The number of aromatic nitrogens is 2. The van der Waals surface area contributed by atoms with Gasteiger partial charge < -0.3 is 23.8 Å². The highest BCUT2D eigenvalue weighted by Gasteiger charge is 2.65. The number of anilines is 1. The molecule has 0 radical (unpaired) electrons. The molecule has 256 valence electrons. The van der Waals surface area contributed by atoms with Crippen LogP contribution in [0, 0.1) is 0 Å². The van der Waals surface area contributed by atoms with Crippen molar-refractivity contribution in [3.05, 3.63) is 22.7 Å². The molecule has 11 nitrogen and oxygen atoms in total. The fourth-order valence-corrected chi connectivity index (χ4v) is 17.3. The first-order valence-corrected chi connectivity index (χ1v) is 23.9. The minimum Gasteiger partial charge on any atom is -0.459 e. The molecule has 1 aromatic heterocycles. The van der Waals surface area contributed by atoms with Gasteiger partial charge in [0, 0.05) is 18.7 Å². The van der Waals surface area contributed by atoms with Crippen LogP contribution in [0.15, 0.2) is 17.1 Å². The Morgan fingerprint density at radius 3 is 1.98 bits per heavy atom. The van der Waals surface area contributed by atoms with E-state index in [1.165, 1.54) is 6.92 Å². The quantitative estimate of drug-likeness (QED) is 0.154. The topological polar surface area (TPSA) is 135 Å². The Bertz CT molecular complexity index is 1340. The van der Waals surface area contributed by atoms with E-state index in [9.17, 15) is 18.9 Å². The highest BCUT2D eigenvalue weighted by atomic mass is 31.2. The third kappa shape index (κ3) is 7.43. The predicted octanol–water partition coefficient (Wildman–Crippen LogP) is 7.20. The Kier molecular flexibility index (Phi) is 11.3. The van der Waals surface area contributed by atoms with Crippen molar-refractivity contribution in [1.82, 2.24) is 9.55 Å². The van der Waals surface area contributed by atoms with Gasteiger partial charge in [0.15, 0.2) is 5.66 Å². The molecule has 1 unspecified atom stereocenters. The SMILES string of the molecule is CCOP(=O)(OCC)C1CC[C@@H]([C@H]2O[C@@H](n3ccc(NC(C)=O)nc3=O)[C@H]([Si](C)(C)C(C)(C)C)[C@@H]2[Si](C)(C)C(C)(C)C)OC1=O. The van der Waals surface area contributed by atoms with Crippen LogP contribution < -0.4 is 11.0 Å². The molecule has 3 heterocycles. The number of carbonyl (C=O) groups is 2. The molecule has 0 saturated carbocycles. The summed E-state index contributed by atoms with van der Waals surface area (Å²) in [6.07, 6.45) is 0.648. The maximum Gasteiger partial charge on any atom is 0.351 e. The molecular formula is C31H56N3O8PSi2. The highest BCUT2D eigenvalue weighted by molar-refractivity contribution is 7.55. The molecule has 1 aromatic rings. The average molecular weight is 686 g/mol. The van der Waals surface area contributed by atoms with Crippen molar-refractivity contribution < 1.29 is 32.7 Å². The Morgan fingerprint density at radius 1 is 1.00 bits per heavy atom. The third-order valence-electron chi connectivity index (χ3n) is 10.9. The predicted molar refractivity (Wildman–Crippen MR) is 182 cm³/mol. The molecule has 6 atom stereocenters. The van der Waals surface area contributed by atoms with Gasteiger partial charge >= 0.3 is 19.3 Å². The molecule has 0 spiro atoms. The number of amides is 1. The van der Waals surface area contributed by atoms with Crippen molar-refractivity contribution >= 4 is 41.4 Å². The zero-order valence-electron chi connectivity index (χ0n) is 29.6. The maximum absolute atomic E-state index is 13.6. The summed E-state index contributed by atoms with van der Waals surface area (Å²) < 4.78 is 39.4. The van der Waals surface area contributed by atoms with Gasteiger partial charge in [-0.1, -0.05) is 67.7 Å². The summed E-state index contributed by atoms with van der Waals surface area (Å²) in [6.45, 7) is 28.2. The summed E-state index contributed by atoms with van der Waals surface area (Å²) in [7, 11) is -8.28. The zero-order valence-corrected chi connectivity index (χ0v) is 32.4. The number of carbonyl (C=O) groups excluding carboxylic acids is 2. The van der Waals surface area contributed by atoms with Crippen molar-refractivity contribution in [3.8, 4) is 0 Å². The van der Waals surface area contributed by atoms with Gasteiger partial charge in [-0.3, -0.25) is 18.7 Å². The molecule has 45 heavy (non-hydrogen) atoms. The molecule has 0 aromatic carbocycles. The van der Waals surface area contributed by atoms with Crippen LogP contribution in [0.3, 0.4) is 0 Å². The van der Waals surface area contributed by atoms with E-state index in [1.54, 1.807) is 30.7 Å². The van der Waals surface area contributed by atoms with Gasteiger partial charge in [-0.25, -0.2) is 4.79 Å². The summed E-state index contributed by atoms with van der Waals surface area (Å²) in [5.74, 6) is -0.729. The monoisotopic (exact) mass is 685 g/mol. The summed E-state index contributed by atoms with van der Waals surface area (Å²) in [4.78, 5) is 43.0. The Balaban J connectivity index is 2.19. The zero-order chi connectivity index (χ0) is 34.3. The van der Waals surface area contributed by atoms with Crippen LogP contribution in [0.2, 0.25) is 47.3 Å². The van der Waals surface area contributed by atoms with Crippen molar-refractivity contribution in [3.63, 3.8) is 0 Å². The van der Waals surface area contributed by atoms with E-state index in [-0.39, 0.29) is 52.5 Å². The smallest absolute Gasteiger partial charge is 0.351 e. The second kappa shape index (κ2) is 13.5. The largest absolute Gasteiger partial charge is 0.459 e. The first-order valence-electron chi connectivity index (χ1n) is 16.1. The number of cyclic esters (lactones) is 1. The molecule has 2 saturated heterocycles. The van der Waals surface area contributed by atoms with Gasteiger partial charge in [-0.05, 0) is 48.4 Å². The Morgan fingerprint density at radius 2 is 1.53 bits per heavy atom. The van der Waals surface area contributed by atoms with E-state index in [0.29, 0.717) is 6.42 Å². The van der Waals surface area contributed by atoms with Crippen LogP contribution in [0.5, 0.6) is 0 Å². The molecule has 0 bridgehead atoms. The lowest BCUT2D eigenvalue weighted by atomic mass is 10.0. The summed E-state index contributed by atoms with van der Waals surface area (Å²) in [6, 6.07) is 1.62. The van der Waals surface area contributed by atoms with E-state index in [2.05, 4.69) is 78.0 Å². The van der Waals surface area contributed by atoms with E-state index in [4.69, 9.17) is 18.5 Å². The average Bonchev–Trinajstić information content (AvgIpc) is 3.29. The summed E-state index contributed by atoms with van der Waals surface area (Å²) in [5, 5.41) is 2.49. The lowest BCUT2D eigenvalue weighted by Crippen LogP contribution is -2.55. The van der Waals surface area contributed by atoms with Crippen LogP contribution in [-0.4, -0.2) is 68.7 Å². The van der Waals surface area contributed by atoms with E-state index >= 15 is 0 Å². The molecule has 1 N–H and O–H groups in total. The molecule has 0 aliphatic carbocycles. The van der Waals surface area contributed by atoms with E-state index < -0.39 is 59.5 Å². The van der Waals surface area contributed by atoms with Gasteiger partial charge in [-0.15, -0.1) is 0 Å². The lowest BCUT2D eigenvalue weighted by Gasteiger charge is -2.52. The minimum atomic E-state index is -3.71. The molecule has 2 aliphatic heterocycles. The minimum absolute atomic E-state index is 0.0188. The summed E-state index contributed by atoms with van der Waals surface area (Å²) in [5.41, 5.74) is -1.52. The van der Waals surface area contributed by atoms with Crippen molar-refractivity contribution in [1.29, 1.82) is 0 Å². The lowest BCUT2D eigenvalue weighted by molar-refractivity contribution is -0.165. The molecule has 1 amide bonds. The van der Waals surface area contributed by atoms with E-state index in [1.807, 2.05) is 0 Å². The number of nitrogens with one attached hydrogen (secondary N) is 1. The summed E-state index contributed by atoms with van der Waals surface area (Å²) >= 11 is 0. The van der Waals surface area contributed by atoms with E-state index in [0.717, 1.165) is 0 Å². The normalized spacial score (nSPS) is 26.9. The van der Waals surface area contributed by atoms with Crippen LogP contribution in [0.25, 0.3) is 0 Å². The van der Waals surface area contributed by atoms with Gasteiger partial charge in [-0.2, -0.15) is 4.98 Å². The van der Waals surface area contributed by atoms with Gasteiger partial charge in [0.05, 0.1) is 35.5 Å². The first-order chi connectivity index (χ1) is 20.5. The maximum atomic E-state index is 13.6. The van der Waals surface area contributed by atoms with Crippen molar-refractivity contribution in [2.75, 3.05) is 18.5 Å². The van der Waals surface area contributed by atoms with Gasteiger partial charge in [0.2, 0.25) is 5.91 Å². The van der Waals surface area contributed by atoms with Crippen molar-refractivity contribution in [2.24, 2.45) is 0 Å². The van der Waals surface area contributed by atoms with Gasteiger partial charge in [0.1, 0.15) is 18.1 Å². The number of rotatable bonds is 10. The molecular weight excluding hydrogens is 630 g/mol. The van der Waals surface area contributed by atoms with Crippen molar-refractivity contribution in [2.45, 2.75) is 147 Å². The fraction of sp³-hybridized carbons (Fsp3) is 0.806. The van der Waals surface area contributed by atoms with Crippen LogP contribution in [-0.2, 0) is 32.7 Å².